The van der Waals surface area contributed by atoms with Crippen molar-refractivity contribution in [2.75, 3.05) is 13.1 Å². The number of hydrogen-bond donors (Lipinski definition) is 1. The smallest absolute Gasteiger partial charge is 0.00436 e. The zero-order valence-corrected chi connectivity index (χ0v) is 5.24. The van der Waals surface area contributed by atoms with Crippen molar-refractivity contribution in [2.24, 2.45) is 5.41 Å². The van der Waals surface area contributed by atoms with Crippen molar-refractivity contribution in [1.82, 2.24) is 5.32 Å². The van der Waals surface area contributed by atoms with Crippen LogP contribution < -0.4 is 5.32 Å². The molecule has 0 aromatic heterocycles. The first-order valence-electron chi connectivity index (χ1n) is 3.12. The highest BCUT2D eigenvalue weighted by Crippen LogP contribution is 2.24. The third-order valence-corrected chi connectivity index (χ3v) is 1.66. The molecule has 0 unspecified atom stereocenters. The third kappa shape index (κ3) is 1.48. The van der Waals surface area contributed by atoms with E-state index in [0.717, 1.165) is 25.9 Å². The van der Waals surface area contributed by atoms with Crippen LogP contribution in [0.1, 0.15) is 12.8 Å². The summed E-state index contributed by atoms with van der Waals surface area (Å²) in [6, 6.07) is 0. The quantitative estimate of drug-likeness (QED) is 0.492. The molecule has 2 radical (unpaired) electrons. The zero-order chi connectivity index (χ0) is 6.04. The van der Waals surface area contributed by atoms with Crippen LogP contribution in [0, 0.1) is 19.3 Å². The summed E-state index contributed by atoms with van der Waals surface area (Å²) in [5.41, 5.74) is 0.116. The fraction of sp³-hybridized carbons (Fsp3) is 0.714. The van der Waals surface area contributed by atoms with Crippen molar-refractivity contribution >= 4 is 0 Å². The SMILES string of the molecule is [CH2]C1([CH2])CCNCC1. The lowest BCUT2D eigenvalue weighted by atomic mass is 9.83. The topological polar surface area (TPSA) is 12.0 Å². The molecular weight excluding hydrogens is 98.1 g/mol. The maximum atomic E-state index is 3.98. The lowest BCUT2D eigenvalue weighted by Gasteiger charge is -2.29. The highest BCUT2D eigenvalue weighted by Gasteiger charge is 2.19. The second-order valence-electron chi connectivity index (χ2n) is 2.75. The van der Waals surface area contributed by atoms with E-state index in [1.807, 2.05) is 0 Å². The molecule has 1 nitrogen and oxygen atoms in total. The van der Waals surface area contributed by atoms with Crippen molar-refractivity contribution in [3.8, 4) is 0 Å². The second-order valence-corrected chi connectivity index (χ2v) is 2.75. The molecule has 1 saturated heterocycles. The van der Waals surface area contributed by atoms with E-state index in [1.54, 1.807) is 0 Å². The Morgan fingerprint density at radius 2 is 1.62 bits per heavy atom. The van der Waals surface area contributed by atoms with Crippen LogP contribution in [0.15, 0.2) is 0 Å². The predicted molar refractivity (Wildman–Crippen MR) is 35.3 cm³/mol. The van der Waals surface area contributed by atoms with Gasteiger partial charge in [-0.05, 0) is 45.2 Å². The molecule has 1 rings (SSSR count). The molecule has 1 aliphatic heterocycles. The summed E-state index contributed by atoms with van der Waals surface area (Å²) in [5, 5.41) is 3.26. The molecule has 46 valence electrons. The fourth-order valence-electron chi connectivity index (χ4n) is 0.957. The highest BCUT2D eigenvalue weighted by molar-refractivity contribution is 4.88. The summed E-state index contributed by atoms with van der Waals surface area (Å²) in [6.45, 7) is 10.1. The van der Waals surface area contributed by atoms with E-state index in [2.05, 4.69) is 19.2 Å². The van der Waals surface area contributed by atoms with Crippen LogP contribution in [-0.2, 0) is 0 Å². The largest absolute Gasteiger partial charge is 0.317 e. The van der Waals surface area contributed by atoms with Gasteiger partial charge in [-0.1, -0.05) is 0 Å². The first-order chi connectivity index (χ1) is 3.71. The van der Waals surface area contributed by atoms with Crippen LogP contribution in [-0.4, -0.2) is 13.1 Å². The normalized spacial score (nSPS) is 27.8. The predicted octanol–water partition coefficient (Wildman–Crippen LogP) is 1.02. The van der Waals surface area contributed by atoms with Gasteiger partial charge in [0, 0.05) is 0 Å². The van der Waals surface area contributed by atoms with Gasteiger partial charge in [-0.3, -0.25) is 0 Å². The first kappa shape index (κ1) is 6.09. The van der Waals surface area contributed by atoms with Gasteiger partial charge in [-0.25, -0.2) is 0 Å². The average molecular weight is 111 g/mol. The van der Waals surface area contributed by atoms with Gasteiger partial charge in [-0.2, -0.15) is 0 Å². The van der Waals surface area contributed by atoms with E-state index in [1.165, 1.54) is 0 Å². The molecule has 1 heteroatoms. The first-order valence-corrected chi connectivity index (χ1v) is 3.12. The van der Waals surface area contributed by atoms with Crippen LogP contribution in [0.2, 0.25) is 0 Å². The maximum Gasteiger partial charge on any atom is -0.00436 e. The Bertz CT molecular complexity index is 68.5. The van der Waals surface area contributed by atoms with Crippen LogP contribution in [0.5, 0.6) is 0 Å². The molecule has 0 atom stereocenters. The Labute approximate surface area is 51.5 Å². The standard InChI is InChI=1S/C7H13N/c1-7(2)3-5-8-6-4-7/h8H,1-6H2. The van der Waals surface area contributed by atoms with Crippen molar-refractivity contribution in [2.45, 2.75) is 12.8 Å². The summed E-state index contributed by atoms with van der Waals surface area (Å²) in [4.78, 5) is 0. The van der Waals surface area contributed by atoms with E-state index in [4.69, 9.17) is 0 Å². The van der Waals surface area contributed by atoms with Crippen LogP contribution >= 0.6 is 0 Å². The monoisotopic (exact) mass is 111 g/mol. The Balaban J connectivity index is 2.33. The molecule has 0 bridgehead atoms. The Hall–Kier alpha value is -0.0400. The molecule has 8 heavy (non-hydrogen) atoms. The third-order valence-electron chi connectivity index (χ3n) is 1.66. The average Bonchev–Trinajstić information content (AvgIpc) is 1.65. The van der Waals surface area contributed by atoms with Gasteiger partial charge in [0.25, 0.3) is 0 Å². The second kappa shape index (κ2) is 2.06. The van der Waals surface area contributed by atoms with Gasteiger partial charge >= 0.3 is 0 Å². The van der Waals surface area contributed by atoms with E-state index < -0.39 is 0 Å². The van der Waals surface area contributed by atoms with Crippen LogP contribution in [0.25, 0.3) is 0 Å². The van der Waals surface area contributed by atoms with Gasteiger partial charge in [0.15, 0.2) is 0 Å². The molecule has 1 N–H and O–H groups in total. The van der Waals surface area contributed by atoms with Crippen molar-refractivity contribution in [3.05, 3.63) is 13.8 Å². The molecule has 0 amide bonds. The van der Waals surface area contributed by atoms with Gasteiger partial charge < -0.3 is 5.32 Å². The van der Waals surface area contributed by atoms with E-state index >= 15 is 0 Å². The van der Waals surface area contributed by atoms with Crippen molar-refractivity contribution < 1.29 is 0 Å². The summed E-state index contributed by atoms with van der Waals surface area (Å²) < 4.78 is 0. The summed E-state index contributed by atoms with van der Waals surface area (Å²) in [7, 11) is 0. The fourth-order valence-corrected chi connectivity index (χ4v) is 0.957. The minimum atomic E-state index is 0.116. The number of hydrogen-bond acceptors (Lipinski definition) is 1. The van der Waals surface area contributed by atoms with Crippen molar-refractivity contribution in [1.29, 1.82) is 0 Å². The number of piperidine rings is 1. The van der Waals surface area contributed by atoms with Gasteiger partial charge in [0.1, 0.15) is 0 Å². The number of rotatable bonds is 0. The summed E-state index contributed by atoms with van der Waals surface area (Å²) >= 11 is 0. The van der Waals surface area contributed by atoms with Gasteiger partial charge in [0.2, 0.25) is 0 Å². The lowest BCUT2D eigenvalue weighted by molar-refractivity contribution is 0.336. The van der Waals surface area contributed by atoms with Gasteiger partial charge in [0.05, 0.1) is 0 Å². The maximum absolute atomic E-state index is 3.98. The Kier molecular flexibility index (Phi) is 1.57. The lowest BCUT2D eigenvalue weighted by Crippen LogP contribution is -2.32. The molecule has 0 aromatic rings. The summed E-state index contributed by atoms with van der Waals surface area (Å²) in [6.07, 6.45) is 2.24. The molecule has 1 aliphatic rings. The number of nitrogens with one attached hydrogen (secondary N) is 1. The molecule has 0 aliphatic carbocycles. The minimum absolute atomic E-state index is 0.116. The van der Waals surface area contributed by atoms with E-state index in [0.29, 0.717) is 0 Å². The molecule has 1 fully saturated rings. The van der Waals surface area contributed by atoms with Crippen LogP contribution in [0.3, 0.4) is 0 Å². The molecule has 0 spiro atoms. The van der Waals surface area contributed by atoms with Gasteiger partial charge in [-0.15, -0.1) is 0 Å². The molecule has 0 saturated carbocycles. The van der Waals surface area contributed by atoms with Crippen molar-refractivity contribution in [3.63, 3.8) is 0 Å². The Morgan fingerprint density at radius 1 is 1.12 bits per heavy atom. The van der Waals surface area contributed by atoms with E-state index in [9.17, 15) is 0 Å². The Morgan fingerprint density at radius 3 is 1.88 bits per heavy atom. The molecule has 0 aromatic carbocycles. The van der Waals surface area contributed by atoms with Crippen LogP contribution in [0.4, 0.5) is 0 Å². The summed E-state index contributed by atoms with van der Waals surface area (Å²) in [5.74, 6) is 0. The highest BCUT2D eigenvalue weighted by atomic mass is 14.9. The minimum Gasteiger partial charge on any atom is -0.317 e. The van der Waals surface area contributed by atoms with E-state index in [-0.39, 0.29) is 5.41 Å². The molecular formula is C7H13N. The molecule has 1 heterocycles. The zero-order valence-electron chi connectivity index (χ0n) is 5.24.